The van der Waals surface area contributed by atoms with Crippen LogP contribution in [0, 0.1) is 0 Å². The van der Waals surface area contributed by atoms with Gasteiger partial charge in [0.05, 0.1) is 7.11 Å². The van der Waals surface area contributed by atoms with E-state index < -0.39 is 0 Å². The van der Waals surface area contributed by atoms with Crippen LogP contribution in [-0.4, -0.2) is 36.1 Å². The van der Waals surface area contributed by atoms with Crippen molar-refractivity contribution < 1.29 is 9.53 Å². The van der Waals surface area contributed by atoms with Gasteiger partial charge in [0.15, 0.2) is 5.82 Å². The third kappa shape index (κ3) is 4.90. The van der Waals surface area contributed by atoms with Crippen molar-refractivity contribution in [3.8, 4) is 17.1 Å². The Morgan fingerprint density at radius 1 is 1.00 bits per heavy atom. The number of benzene rings is 2. The minimum Gasteiger partial charge on any atom is -0.496 e. The van der Waals surface area contributed by atoms with Crippen LogP contribution < -0.4 is 15.0 Å². The fraction of sp³-hybridized carbons (Fsp3) is 0.261. The average molecular weight is 390 g/mol. The molecule has 1 heterocycles. The lowest BCUT2D eigenvalue weighted by Crippen LogP contribution is -2.27. The molecule has 0 fully saturated rings. The lowest BCUT2D eigenvalue weighted by molar-refractivity contribution is 0.0945. The maximum absolute atomic E-state index is 12.9. The lowest BCUT2D eigenvalue weighted by atomic mass is 10.2. The Kier molecular flexibility index (Phi) is 6.79. The number of carbonyl (C=O) groups excluding carboxylic acids is 1. The standard InChI is InChI=1S/C23H26N4O2/c1-4-27(5-2)21-15-19(25-22(26-21)17-11-7-6-8-12-17)23(28)24-16-18-13-9-10-14-20(18)29-3/h6-15H,4-5,16H2,1-3H3,(H,24,28). The first-order chi connectivity index (χ1) is 14.2. The molecule has 150 valence electrons. The molecule has 0 radical (unpaired) electrons. The molecule has 1 aromatic heterocycles. The van der Waals surface area contributed by atoms with E-state index in [1.165, 1.54) is 0 Å². The van der Waals surface area contributed by atoms with E-state index >= 15 is 0 Å². The van der Waals surface area contributed by atoms with Gasteiger partial charge in [-0.1, -0.05) is 48.5 Å². The van der Waals surface area contributed by atoms with Gasteiger partial charge in [0.1, 0.15) is 17.3 Å². The second-order valence-corrected chi connectivity index (χ2v) is 6.47. The fourth-order valence-electron chi connectivity index (χ4n) is 3.09. The third-order valence-electron chi connectivity index (χ3n) is 4.70. The van der Waals surface area contributed by atoms with Gasteiger partial charge in [-0.25, -0.2) is 9.97 Å². The van der Waals surface area contributed by atoms with Gasteiger partial charge in [-0.05, 0) is 19.9 Å². The number of carbonyl (C=O) groups is 1. The predicted molar refractivity (Wildman–Crippen MR) is 115 cm³/mol. The molecule has 0 saturated carbocycles. The van der Waals surface area contributed by atoms with Gasteiger partial charge in [0.25, 0.3) is 5.91 Å². The summed E-state index contributed by atoms with van der Waals surface area (Å²) in [7, 11) is 1.62. The summed E-state index contributed by atoms with van der Waals surface area (Å²) >= 11 is 0. The van der Waals surface area contributed by atoms with E-state index in [0.717, 1.165) is 35.8 Å². The van der Waals surface area contributed by atoms with E-state index in [1.807, 2.05) is 54.6 Å². The number of nitrogens with zero attached hydrogens (tertiary/aromatic N) is 3. The molecule has 6 heteroatoms. The van der Waals surface area contributed by atoms with Crippen LogP contribution in [0.25, 0.3) is 11.4 Å². The van der Waals surface area contributed by atoms with E-state index in [-0.39, 0.29) is 5.91 Å². The van der Waals surface area contributed by atoms with Crippen LogP contribution in [0.2, 0.25) is 0 Å². The molecule has 0 spiro atoms. The van der Waals surface area contributed by atoms with Gasteiger partial charge in [0.2, 0.25) is 0 Å². The maximum Gasteiger partial charge on any atom is 0.270 e. The molecule has 3 rings (SSSR count). The molecule has 0 bridgehead atoms. The number of para-hydroxylation sites is 1. The smallest absolute Gasteiger partial charge is 0.270 e. The molecule has 0 aliphatic heterocycles. The number of hydrogen-bond donors (Lipinski definition) is 1. The highest BCUT2D eigenvalue weighted by molar-refractivity contribution is 5.93. The number of amides is 1. The second kappa shape index (κ2) is 9.68. The maximum atomic E-state index is 12.9. The molecular formula is C23H26N4O2. The first kappa shape index (κ1) is 20.3. The average Bonchev–Trinajstić information content (AvgIpc) is 2.79. The normalized spacial score (nSPS) is 10.4. The molecule has 29 heavy (non-hydrogen) atoms. The summed E-state index contributed by atoms with van der Waals surface area (Å²) in [6.45, 7) is 6.08. The zero-order valence-electron chi connectivity index (χ0n) is 17.1. The minimum absolute atomic E-state index is 0.246. The Labute approximate surface area is 171 Å². The van der Waals surface area contributed by atoms with Crippen LogP contribution in [0.3, 0.4) is 0 Å². The number of nitrogens with one attached hydrogen (secondary N) is 1. The fourth-order valence-corrected chi connectivity index (χ4v) is 3.09. The van der Waals surface area contributed by atoms with Gasteiger partial charge < -0.3 is 15.0 Å². The zero-order valence-corrected chi connectivity index (χ0v) is 17.1. The van der Waals surface area contributed by atoms with Crippen LogP contribution in [-0.2, 0) is 6.54 Å². The van der Waals surface area contributed by atoms with Crippen molar-refractivity contribution in [3.05, 3.63) is 71.9 Å². The molecule has 6 nitrogen and oxygen atoms in total. The quantitative estimate of drug-likeness (QED) is 0.631. The number of methoxy groups -OCH3 is 1. The topological polar surface area (TPSA) is 67.4 Å². The highest BCUT2D eigenvalue weighted by Crippen LogP contribution is 2.21. The SMILES string of the molecule is CCN(CC)c1cc(C(=O)NCc2ccccc2OC)nc(-c2ccccc2)n1. The van der Waals surface area contributed by atoms with Crippen LogP contribution in [0.15, 0.2) is 60.7 Å². The molecule has 0 aliphatic rings. The van der Waals surface area contributed by atoms with E-state index in [4.69, 9.17) is 4.74 Å². The summed E-state index contributed by atoms with van der Waals surface area (Å²) in [5, 5.41) is 2.94. The van der Waals surface area contributed by atoms with Crippen molar-refractivity contribution in [2.24, 2.45) is 0 Å². The number of anilines is 1. The molecule has 0 atom stereocenters. The van der Waals surface area contributed by atoms with Gasteiger partial charge in [-0.2, -0.15) is 0 Å². The Balaban J connectivity index is 1.90. The Morgan fingerprint density at radius 3 is 2.38 bits per heavy atom. The Morgan fingerprint density at radius 2 is 1.69 bits per heavy atom. The largest absolute Gasteiger partial charge is 0.496 e. The summed E-state index contributed by atoms with van der Waals surface area (Å²) < 4.78 is 5.36. The Hall–Kier alpha value is -3.41. The molecule has 0 saturated heterocycles. The lowest BCUT2D eigenvalue weighted by Gasteiger charge is -2.21. The molecule has 3 aromatic rings. The summed E-state index contributed by atoms with van der Waals surface area (Å²) in [4.78, 5) is 24.2. The number of hydrogen-bond acceptors (Lipinski definition) is 5. The number of aromatic nitrogens is 2. The van der Waals surface area contributed by atoms with Crippen molar-refractivity contribution in [2.45, 2.75) is 20.4 Å². The van der Waals surface area contributed by atoms with Crippen LogP contribution in [0.4, 0.5) is 5.82 Å². The van der Waals surface area contributed by atoms with Crippen molar-refractivity contribution in [2.75, 3.05) is 25.1 Å². The molecule has 0 aliphatic carbocycles. The monoisotopic (exact) mass is 390 g/mol. The van der Waals surface area contributed by atoms with Crippen molar-refractivity contribution in [1.29, 1.82) is 0 Å². The van der Waals surface area contributed by atoms with E-state index in [0.29, 0.717) is 18.1 Å². The first-order valence-electron chi connectivity index (χ1n) is 9.75. The van der Waals surface area contributed by atoms with E-state index in [1.54, 1.807) is 13.2 Å². The molecule has 0 unspecified atom stereocenters. The highest BCUT2D eigenvalue weighted by atomic mass is 16.5. The molecule has 1 amide bonds. The van der Waals surface area contributed by atoms with E-state index in [9.17, 15) is 4.79 Å². The summed E-state index contributed by atoms with van der Waals surface area (Å²) in [6.07, 6.45) is 0. The molecule has 1 N–H and O–H groups in total. The van der Waals surface area contributed by atoms with Crippen molar-refractivity contribution >= 4 is 11.7 Å². The minimum atomic E-state index is -0.246. The third-order valence-corrected chi connectivity index (χ3v) is 4.70. The Bertz CT molecular complexity index is 956. The van der Waals surface area contributed by atoms with Crippen LogP contribution in [0.5, 0.6) is 5.75 Å². The van der Waals surface area contributed by atoms with Crippen molar-refractivity contribution in [1.82, 2.24) is 15.3 Å². The summed E-state index contributed by atoms with van der Waals surface area (Å²) in [5.41, 5.74) is 2.13. The van der Waals surface area contributed by atoms with E-state index in [2.05, 4.69) is 34.0 Å². The predicted octanol–water partition coefficient (Wildman–Crippen LogP) is 3.93. The second-order valence-electron chi connectivity index (χ2n) is 6.47. The van der Waals surface area contributed by atoms with Gasteiger partial charge in [0, 0.05) is 36.8 Å². The zero-order chi connectivity index (χ0) is 20.6. The number of rotatable bonds is 8. The summed E-state index contributed by atoms with van der Waals surface area (Å²) in [5.74, 6) is 1.77. The highest BCUT2D eigenvalue weighted by Gasteiger charge is 2.16. The first-order valence-corrected chi connectivity index (χ1v) is 9.75. The van der Waals surface area contributed by atoms with Crippen molar-refractivity contribution in [3.63, 3.8) is 0 Å². The van der Waals surface area contributed by atoms with Gasteiger partial charge in [-0.15, -0.1) is 0 Å². The number of ether oxygens (including phenoxy) is 1. The molecule has 2 aromatic carbocycles. The van der Waals surface area contributed by atoms with Gasteiger partial charge >= 0.3 is 0 Å². The molecular weight excluding hydrogens is 364 g/mol. The van der Waals surface area contributed by atoms with Crippen LogP contribution in [0.1, 0.15) is 29.9 Å². The van der Waals surface area contributed by atoms with Gasteiger partial charge in [-0.3, -0.25) is 4.79 Å². The van der Waals surface area contributed by atoms with Crippen LogP contribution >= 0.6 is 0 Å². The summed E-state index contributed by atoms with van der Waals surface area (Å²) in [6, 6.07) is 19.1.